The summed E-state index contributed by atoms with van der Waals surface area (Å²) in [4.78, 5) is 36.3. The molecule has 2 amide bonds. The van der Waals surface area contributed by atoms with Crippen molar-refractivity contribution < 1.29 is 19.5 Å². The minimum atomic E-state index is -1.02. The smallest absolute Gasteiger partial charge is 0.320 e. The third kappa shape index (κ3) is 2.94. The van der Waals surface area contributed by atoms with Crippen LogP contribution in [0.15, 0.2) is 0 Å². The van der Waals surface area contributed by atoms with Gasteiger partial charge in [-0.25, -0.2) is 0 Å². The summed E-state index contributed by atoms with van der Waals surface area (Å²) < 4.78 is 0. The van der Waals surface area contributed by atoms with Gasteiger partial charge < -0.3 is 5.11 Å². The molecule has 6 heteroatoms. The highest BCUT2D eigenvalue weighted by molar-refractivity contribution is 6.06. The standard InChI is InChI=1S/C13H20N2O4/c1-8(13(18)19)14-10-7-11(16)15(12(10)17)9-5-3-2-4-6-9/h8-10,14H,2-7H2,1H3,(H,18,19)/t8-,10?/m0/s1. The Morgan fingerprint density at radius 2 is 1.95 bits per heavy atom. The van der Waals surface area contributed by atoms with E-state index in [1.807, 2.05) is 0 Å². The van der Waals surface area contributed by atoms with Crippen molar-refractivity contribution in [2.75, 3.05) is 0 Å². The molecule has 1 aliphatic heterocycles. The number of nitrogens with one attached hydrogen (secondary N) is 1. The molecule has 1 saturated carbocycles. The number of likely N-dealkylation sites (tertiary alicyclic amines) is 1. The van der Waals surface area contributed by atoms with Gasteiger partial charge >= 0.3 is 5.97 Å². The lowest BCUT2D eigenvalue weighted by Crippen LogP contribution is -2.48. The average Bonchev–Trinajstić information content (AvgIpc) is 2.65. The maximum Gasteiger partial charge on any atom is 0.320 e. The van der Waals surface area contributed by atoms with E-state index in [9.17, 15) is 14.4 Å². The van der Waals surface area contributed by atoms with Crippen molar-refractivity contribution in [1.82, 2.24) is 10.2 Å². The molecule has 2 fully saturated rings. The van der Waals surface area contributed by atoms with E-state index in [1.165, 1.54) is 11.8 Å². The molecule has 6 nitrogen and oxygen atoms in total. The molecule has 1 aliphatic carbocycles. The van der Waals surface area contributed by atoms with Gasteiger partial charge in [0.05, 0.1) is 12.5 Å². The molecule has 0 bridgehead atoms. The van der Waals surface area contributed by atoms with E-state index in [0.717, 1.165) is 32.1 Å². The number of amides is 2. The van der Waals surface area contributed by atoms with Gasteiger partial charge in [0.1, 0.15) is 6.04 Å². The number of imide groups is 1. The van der Waals surface area contributed by atoms with Crippen molar-refractivity contribution in [3.63, 3.8) is 0 Å². The summed E-state index contributed by atoms with van der Waals surface area (Å²) in [6.45, 7) is 1.48. The zero-order valence-corrected chi connectivity index (χ0v) is 11.1. The van der Waals surface area contributed by atoms with E-state index in [4.69, 9.17) is 5.11 Å². The van der Waals surface area contributed by atoms with Gasteiger partial charge in [-0.1, -0.05) is 19.3 Å². The molecule has 2 atom stereocenters. The van der Waals surface area contributed by atoms with Crippen LogP contribution >= 0.6 is 0 Å². The van der Waals surface area contributed by atoms with Crippen LogP contribution in [-0.4, -0.2) is 45.9 Å². The summed E-state index contributed by atoms with van der Waals surface area (Å²) >= 11 is 0. The van der Waals surface area contributed by atoms with Crippen molar-refractivity contribution in [1.29, 1.82) is 0 Å². The van der Waals surface area contributed by atoms with E-state index >= 15 is 0 Å². The van der Waals surface area contributed by atoms with Crippen LogP contribution in [-0.2, 0) is 14.4 Å². The van der Waals surface area contributed by atoms with Crippen LogP contribution in [0.5, 0.6) is 0 Å². The number of nitrogens with zero attached hydrogens (tertiary/aromatic N) is 1. The van der Waals surface area contributed by atoms with Crippen molar-refractivity contribution >= 4 is 17.8 Å². The molecule has 2 rings (SSSR count). The third-order valence-electron chi connectivity index (χ3n) is 3.94. The number of rotatable bonds is 4. The molecule has 1 saturated heterocycles. The molecule has 2 aliphatic rings. The quantitative estimate of drug-likeness (QED) is 0.725. The highest BCUT2D eigenvalue weighted by atomic mass is 16.4. The third-order valence-corrected chi connectivity index (χ3v) is 3.94. The first-order valence-corrected chi connectivity index (χ1v) is 6.85. The van der Waals surface area contributed by atoms with Crippen LogP contribution in [0.25, 0.3) is 0 Å². The zero-order chi connectivity index (χ0) is 14.0. The summed E-state index contributed by atoms with van der Waals surface area (Å²) in [7, 11) is 0. The molecule has 2 N–H and O–H groups in total. The van der Waals surface area contributed by atoms with Gasteiger partial charge in [0.25, 0.3) is 0 Å². The van der Waals surface area contributed by atoms with Crippen molar-refractivity contribution in [3.05, 3.63) is 0 Å². The minimum Gasteiger partial charge on any atom is -0.480 e. The predicted molar refractivity (Wildman–Crippen MR) is 67.4 cm³/mol. The summed E-state index contributed by atoms with van der Waals surface area (Å²) in [5.41, 5.74) is 0. The summed E-state index contributed by atoms with van der Waals surface area (Å²) in [6.07, 6.45) is 5.07. The van der Waals surface area contributed by atoms with Crippen molar-refractivity contribution in [2.45, 2.75) is 63.6 Å². The van der Waals surface area contributed by atoms with Gasteiger partial charge in [0.15, 0.2) is 0 Å². The monoisotopic (exact) mass is 268 g/mol. The van der Waals surface area contributed by atoms with Crippen LogP contribution in [0, 0.1) is 0 Å². The Labute approximate surface area is 112 Å². The van der Waals surface area contributed by atoms with Crippen LogP contribution in [0.2, 0.25) is 0 Å². The minimum absolute atomic E-state index is 0.0145. The number of aliphatic carboxylic acids is 1. The largest absolute Gasteiger partial charge is 0.480 e. The van der Waals surface area contributed by atoms with E-state index in [-0.39, 0.29) is 24.3 Å². The van der Waals surface area contributed by atoms with Gasteiger partial charge in [0, 0.05) is 6.04 Å². The van der Waals surface area contributed by atoms with Crippen LogP contribution in [0.3, 0.4) is 0 Å². The van der Waals surface area contributed by atoms with E-state index in [0.29, 0.717) is 0 Å². The fourth-order valence-electron chi connectivity index (χ4n) is 2.88. The van der Waals surface area contributed by atoms with E-state index < -0.39 is 18.1 Å². The first kappa shape index (κ1) is 14.0. The maximum absolute atomic E-state index is 12.2. The van der Waals surface area contributed by atoms with E-state index in [2.05, 4.69) is 5.32 Å². The fourth-order valence-corrected chi connectivity index (χ4v) is 2.88. The van der Waals surface area contributed by atoms with E-state index in [1.54, 1.807) is 0 Å². The highest BCUT2D eigenvalue weighted by Crippen LogP contribution is 2.27. The number of hydrogen-bond donors (Lipinski definition) is 2. The molecule has 19 heavy (non-hydrogen) atoms. The second-order valence-corrected chi connectivity index (χ2v) is 5.38. The molecule has 0 aromatic carbocycles. The average molecular weight is 268 g/mol. The molecular weight excluding hydrogens is 248 g/mol. The molecule has 0 aromatic heterocycles. The van der Waals surface area contributed by atoms with Gasteiger partial charge in [-0.2, -0.15) is 0 Å². The van der Waals surface area contributed by atoms with Crippen molar-refractivity contribution in [3.8, 4) is 0 Å². The predicted octanol–water partition coefficient (Wildman–Crippen LogP) is 0.509. The lowest BCUT2D eigenvalue weighted by Gasteiger charge is -2.29. The van der Waals surface area contributed by atoms with Gasteiger partial charge in [0.2, 0.25) is 11.8 Å². The van der Waals surface area contributed by atoms with Crippen LogP contribution in [0.1, 0.15) is 45.4 Å². The highest BCUT2D eigenvalue weighted by Gasteiger charge is 2.43. The Kier molecular flexibility index (Phi) is 4.19. The maximum atomic E-state index is 12.2. The molecule has 0 aromatic rings. The number of carboxylic acids is 1. The van der Waals surface area contributed by atoms with Gasteiger partial charge in [-0.15, -0.1) is 0 Å². The summed E-state index contributed by atoms with van der Waals surface area (Å²) in [5, 5.41) is 11.6. The number of hydrogen-bond acceptors (Lipinski definition) is 4. The Morgan fingerprint density at radius 1 is 1.32 bits per heavy atom. The van der Waals surface area contributed by atoms with Gasteiger partial charge in [-0.05, 0) is 19.8 Å². The molecule has 106 valence electrons. The number of carbonyl (C=O) groups excluding carboxylic acids is 2. The topological polar surface area (TPSA) is 86.7 Å². The van der Waals surface area contributed by atoms with Crippen LogP contribution < -0.4 is 5.32 Å². The Hall–Kier alpha value is -1.43. The Bertz CT molecular complexity index is 390. The first-order chi connectivity index (χ1) is 9.00. The zero-order valence-electron chi connectivity index (χ0n) is 11.1. The summed E-state index contributed by atoms with van der Waals surface area (Å²) in [5.74, 6) is -1.45. The van der Waals surface area contributed by atoms with Crippen molar-refractivity contribution in [2.24, 2.45) is 0 Å². The summed E-state index contributed by atoms with van der Waals surface area (Å²) in [6, 6.07) is -1.49. The second kappa shape index (κ2) is 5.69. The lowest BCUT2D eigenvalue weighted by atomic mass is 9.94. The van der Waals surface area contributed by atoms with Gasteiger partial charge in [-0.3, -0.25) is 24.6 Å². The molecular formula is C13H20N2O4. The second-order valence-electron chi connectivity index (χ2n) is 5.38. The SMILES string of the molecule is C[C@H](NC1CC(=O)N(C2CCCCC2)C1=O)C(=O)O. The molecule has 1 heterocycles. The first-order valence-electron chi connectivity index (χ1n) is 6.85. The molecule has 0 radical (unpaired) electrons. The fraction of sp³-hybridized carbons (Fsp3) is 0.769. The Morgan fingerprint density at radius 3 is 2.53 bits per heavy atom. The normalized spacial score (nSPS) is 26.8. The number of carbonyl (C=O) groups is 3. The molecule has 1 unspecified atom stereocenters. The Balaban J connectivity index is 2.01. The lowest BCUT2D eigenvalue weighted by molar-refractivity contribution is -0.142. The van der Waals surface area contributed by atoms with Crippen LogP contribution in [0.4, 0.5) is 0 Å². The number of carboxylic acid groups (broad SMARTS) is 1. The molecule has 0 spiro atoms.